The van der Waals surface area contributed by atoms with E-state index in [0.29, 0.717) is 56.7 Å². The van der Waals surface area contributed by atoms with Gasteiger partial charge in [0.25, 0.3) is 0 Å². The number of hydrogen-bond acceptors (Lipinski definition) is 20. The first-order valence-corrected chi connectivity index (χ1v) is 28.1. The zero-order valence-electron chi connectivity index (χ0n) is 38.9. The lowest BCUT2D eigenvalue weighted by Crippen LogP contribution is -2.29. The van der Waals surface area contributed by atoms with Crippen LogP contribution in [-0.4, -0.2) is 88.8 Å². The molecule has 0 radical (unpaired) electrons. The zero-order valence-corrected chi connectivity index (χ0v) is 43.2. The standard InChI is InChI=1S/C42H47N8O18P3S2/c1-22-30(43)11-9-27-36(28-10-12-31(44)23(2)38(28)66-37(22)27)26-8-7-24(16-29(26)40(52)53)32(51)13-14-42(3,4)73-72-21-62-15-5-6-25-18-50(41(54)48-39(25)45)35-17-33(63-20-47-49-46)34(65-35)19-64-70(58,59)68-71(60,61)67-69(55,56)57/h7-12,16,18,33-35,43H,13-15,17,19-21,44H2,1-4H3,(H,52,53)(H,58,59)(H,60,61)(H2,45,48,54)(H2,55,56,57)/t33-,34-,35-/m1/s1. The second-order valence-corrected chi connectivity index (χ2v) is 23.9. The number of anilines is 2. The molecule has 5 atom stereocenters. The lowest BCUT2D eigenvalue weighted by atomic mass is 9.87. The molecule has 0 spiro atoms. The molecule has 1 aromatic heterocycles. The number of ether oxygens (including phenoxy) is 3. The van der Waals surface area contributed by atoms with Gasteiger partial charge in [0.1, 0.15) is 48.8 Å². The molecule has 31 heteroatoms. The van der Waals surface area contributed by atoms with E-state index in [9.17, 15) is 43.0 Å². The number of aryl methyl sites for hydroxylation is 1. The molecule has 1 saturated heterocycles. The van der Waals surface area contributed by atoms with Crippen LogP contribution in [0.4, 0.5) is 11.5 Å². The number of Topliss-reactive ketones (excluding diaryl/α,β-unsaturated/α-hetero) is 1. The Morgan fingerprint density at radius 3 is 2.48 bits per heavy atom. The number of nitrogens with one attached hydrogen (secondary N) is 1. The molecule has 3 aliphatic rings. The molecule has 0 saturated carbocycles. The fourth-order valence-corrected chi connectivity index (χ4v) is 12.6. The monoisotopic (exact) mass is 1110 g/mol. The summed E-state index contributed by atoms with van der Waals surface area (Å²) < 4.78 is 70.9. The number of rotatable bonds is 22. The van der Waals surface area contributed by atoms with Gasteiger partial charge in [-0.2, -0.15) is 13.6 Å². The first-order chi connectivity index (χ1) is 34.2. The summed E-state index contributed by atoms with van der Waals surface area (Å²) in [7, 11) is -14.2. The minimum absolute atomic E-state index is 0.0742. The molecule has 6 rings (SSSR count). The Hall–Kier alpha value is -5.39. The van der Waals surface area contributed by atoms with Crippen LogP contribution >= 0.6 is 45.1 Å². The molecule has 73 heavy (non-hydrogen) atoms. The van der Waals surface area contributed by atoms with Crippen molar-refractivity contribution in [2.45, 2.75) is 70.1 Å². The molecule has 1 aliphatic carbocycles. The Morgan fingerprint density at radius 1 is 1.05 bits per heavy atom. The Labute approximate surface area is 422 Å². The number of azide groups is 1. The van der Waals surface area contributed by atoms with Crippen molar-refractivity contribution in [1.29, 1.82) is 5.41 Å². The number of phosphoric ester groups is 1. The summed E-state index contributed by atoms with van der Waals surface area (Å²) in [5, 5.41) is 22.9. The number of carbonyl (C=O) groups excluding carboxylic acids is 1. The second-order valence-electron chi connectivity index (χ2n) is 16.5. The lowest BCUT2D eigenvalue weighted by molar-refractivity contribution is -0.0601. The number of nitrogens with zero attached hydrogens (tertiary/aromatic N) is 5. The summed E-state index contributed by atoms with van der Waals surface area (Å²) in [5.74, 6) is 4.41. The molecule has 26 nitrogen and oxygen atoms in total. The van der Waals surface area contributed by atoms with Gasteiger partial charge in [0.05, 0.1) is 29.2 Å². The highest BCUT2D eigenvalue weighted by Crippen LogP contribution is 2.66. The van der Waals surface area contributed by atoms with Crippen LogP contribution in [0.1, 0.15) is 76.7 Å². The van der Waals surface area contributed by atoms with Crippen LogP contribution in [0.5, 0.6) is 0 Å². The Morgan fingerprint density at radius 2 is 1.78 bits per heavy atom. The van der Waals surface area contributed by atoms with E-state index in [2.05, 4.69) is 40.0 Å². The summed E-state index contributed by atoms with van der Waals surface area (Å²) in [6, 6.07) is 11.5. The Bertz CT molecular complexity index is 3320. The number of nitrogens with two attached hydrogens (primary N) is 2. The van der Waals surface area contributed by atoms with E-state index < -0.39 is 71.6 Å². The smallest absolute Gasteiger partial charge is 0.478 e. The normalized spacial score (nSPS) is 17.6. The first-order valence-electron chi connectivity index (χ1n) is 21.2. The molecule has 0 bridgehead atoms. The number of nitrogen functional groups attached to an aromatic ring is 2. The predicted molar refractivity (Wildman–Crippen MR) is 266 cm³/mol. The molecule has 2 unspecified atom stereocenters. The van der Waals surface area contributed by atoms with Gasteiger partial charge in [0.15, 0.2) is 5.78 Å². The first kappa shape index (κ1) is 56.9. The minimum Gasteiger partial charge on any atom is -0.478 e. The third kappa shape index (κ3) is 14.7. The highest BCUT2D eigenvalue weighted by Gasteiger charge is 2.44. The molecule has 10 N–H and O–H groups in total. The van der Waals surface area contributed by atoms with Crippen LogP contribution in [0.15, 0.2) is 63.0 Å². The molecular weight excluding hydrogens is 1060 g/mol. The molecule has 0 amide bonds. The third-order valence-corrected chi connectivity index (χ3v) is 17.7. The van der Waals surface area contributed by atoms with Crippen molar-refractivity contribution < 1.29 is 79.7 Å². The number of carbonyl (C=O) groups is 2. The predicted octanol–water partition coefficient (Wildman–Crippen LogP) is 7.15. The van der Waals surface area contributed by atoms with Gasteiger partial charge in [0.2, 0.25) is 0 Å². The third-order valence-electron chi connectivity index (χ3n) is 10.9. The second kappa shape index (κ2) is 23.4. The van der Waals surface area contributed by atoms with E-state index >= 15 is 0 Å². The highest BCUT2D eigenvalue weighted by molar-refractivity contribution is 8.77. The van der Waals surface area contributed by atoms with Gasteiger partial charge >= 0.3 is 35.1 Å². The Kier molecular flexibility index (Phi) is 18.3. The number of aromatic carboxylic acids is 1. The van der Waals surface area contributed by atoms with Crippen molar-refractivity contribution in [2.24, 2.45) is 5.11 Å². The quantitative estimate of drug-likeness (QED) is 0.00291. The fraction of sp³-hybridized carbons (Fsp3) is 0.357. The lowest BCUT2D eigenvalue weighted by Gasteiger charge is -2.23. The van der Waals surface area contributed by atoms with Gasteiger partial charge in [-0.05, 0) is 75.5 Å². The maximum Gasteiger partial charge on any atom is 0.490 e. The van der Waals surface area contributed by atoms with Crippen molar-refractivity contribution in [1.82, 2.24) is 9.55 Å². The van der Waals surface area contributed by atoms with Crippen molar-refractivity contribution in [3.05, 3.63) is 103 Å². The SMILES string of the molecule is Cc1c2oc3c(C)c(N)ccc3c(-c3ccc(C(=O)CCC(C)(C)SSCOCC#Cc4cn([C@H]5C[C@@H](OCN=[N+]=[N-])[C@@H](COP(=O)(O)OP(=O)(O)OP(=O)(O)O)O5)c(=O)nc4N)cc3C(=O)O)c-2ccc1=N. The van der Waals surface area contributed by atoms with Crippen LogP contribution in [0, 0.1) is 31.1 Å². The van der Waals surface area contributed by atoms with Gasteiger partial charge in [0, 0.05) is 67.6 Å². The van der Waals surface area contributed by atoms with Gasteiger partial charge in [-0.3, -0.25) is 13.9 Å². The average Bonchev–Trinajstić information content (AvgIpc) is 3.71. The van der Waals surface area contributed by atoms with Crippen molar-refractivity contribution >= 4 is 79.3 Å². The van der Waals surface area contributed by atoms with Crippen LogP contribution < -0.4 is 22.5 Å². The molecule has 3 heterocycles. The van der Waals surface area contributed by atoms with E-state index in [-0.39, 0.29) is 59.0 Å². The number of hydrogen-bond donors (Lipinski definition) is 8. The Balaban J connectivity index is 1.04. The van der Waals surface area contributed by atoms with Gasteiger partial charge in [-0.15, -0.1) is 0 Å². The van der Waals surface area contributed by atoms with E-state index in [0.717, 1.165) is 4.57 Å². The van der Waals surface area contributed by atoms with E-state index in [1.54, 1.807) is 50.2 Å². The maximum atomic E-state index is 13.6. The number of fused-ring (bicyclic) bond motifs is 2. The van der Waals surface area contributed by atoms with Crippen LogP contribution in [0.25, 0.3) is 43.9 Å². The van der Waals surface area contributed by atoms with E-state index in [1.807, 2.05) is 13.8 Å². The number of carboxylic acids is 1. The summed E-state index contributed by atoms with van der Waals surface area (Å²) in [6.07, 6.45) is -2.10. The molecule has 3 aromatic rings. The fourth-order valence-electron chi connectivity index (χ4n) is 7.35. The topological polar surface area (TPSA) is 415 Å². The molecule has 1 fully saturated rings. The van der Waals surface area contributed by atoms with Gasteiger partial charge in [-0.1, -0.05) is 50.7 Å². The van der Waals surface area contributed by atoms with Crippen molar-refractivity contribution in [3.8, 4) is 34.3 Å². The van der Waals surface area contributed by atoms with Crippen LogP contribution in [0.3, 0.4) is 0 Å². The minimum atomic E-state index is -5.82. The maximum absolute atomic E-state index is 13.6. The molecule has 390 valence electrons. The number of benzene rings is 3. The molecule has 2 aromatic carbocycles. The number of aromatic nitrogens is 2. The van der Waals surface area contributed by atoms with Crippen molar-refractivity contribution in [2.75, 3.05) is 37.4 Å². The molecule has 2 aliphatic heterocycles. The van der Waals surface area contributed by atoms with Gasteiger partial charge in [-0.25, -0.2) is 23.3 Å². The average molecular weight is 1110 g/mol. The van der Waals surface area contributed by atoms with E-state index in [4.69, 9.17) is 50.8 Å². The van der Waals surface area contributed by atoms with Crippen molar-refractivity contribution in [3.63, 3.8) is 0 Å². The summed E-state index contributed by atoms with van der Waals surface area (Å²) >= 11 is 0. The van der Waals surface area contributed by atoms with Crippen LogP contribution in [-0.2, 0) is 41.1 Å². The zero-order chi connectivity index (χ0) is 53.6. The van der Waals surface area contributed by atoms with E-state index in [1.165, 1.54) is 33.9 Å². The number of carboxylic acid groups (broad SMARTS) is 1. The summed E-state index contributed by atoms with van der Waals surface area (Å²) in [4.78, 5) is 82.5. The summed E-state index contributed by atoms with van der Waals surface area (Å²) in [5.41, 5.74) is 23.9. The summed E-state index contributed by atoms with van der Waals surface area (Å²) in [6.45, 7) is 5.86. The number of ketones is 1. The highest BCUT2D eigenvalue weighted by atomic mass is 33.1. The largest absolute Gasteiger partial charge is 0.490 e. The van der Waals surface area contributed by atoms with Gasteiger partial charge < -0.3 is 60.2 Å². The molecular formula is C42H47N8O18P3S2. The van der Waals surface area contributed by atoms with Crippen LogP contribution in [0.2, 0.25) is 0 Å². The number of phosphoric acid groups is 3.